The first-order valence-corrected chi connectivity index (χ1v) is 6.80. The number of nitrogens with one attached hydrogen (secondary N) is 2. The van der Waals surface area contributed by atoms with E-state index in [9.17, 15) is 9.59 Å². The van der Waals surface area contributed by atoms with Crippen LogP contribution < -0.4 is 16.4 Å². The van der Waals surface area contributed by atoms with Crippen molar-refractivity contribution >= 4 is 17.5 Å². The van der Waals surface area contributed by atoms with Crippen LogP contribution in [0.1, 0.15) is 26.3 Å². The van der Waals surface area contributed by atoms with Crippen molar-refractivity contribution in [2.45, 2.75) is 33.2 Å². The third-order valence-corrected chi connectivity index (χ3v) is 3.01. The molecule has 1 atom stereocenters. The first-order chi connectivity index (χ1) is 9.40. The van der Waals surface area contributed by atoms with E-state index in [1.807, 2.05) is 38.1 Å². The summed E-state index contributed by atoms with van der Waals surface area (Å²) in [4.78, 5) is 22.6. The van der Waals surface area contributed by atoms with E-state index in [0.717, 1.165) is 17.7 Å². The van der Waals surface area contributed by atoms with Gasteiger partial charge < -0.3 is 16.4 Å². The molecule has 110 valence electrons. The third-order valence-electron chi connectivity index (χ3n) is 3.01. The number of anilines is 1. The van der Waals surface area contributed by atoms with Gasteiger partial charge in [-0.15, -0.1) is 0 Å². The molecule has 0 aromatic heterocycles. The summed E-state index contributed by atoms with van der Waals surface area (Å²) in [5.74, 6) is -0.0745. The number of rotatable bonds is 6. The first-order valence-electron chi connectivity index (χ1n) is 6.80. The monoisotopic (exact) mass is 277 g/mol. The summed E-state index contributed by atoms with van der Waals surface area (Å²) in [5.41, 5.74) is 7.62. The molecule has 0 aliphatic heterocycles. The van der Waals surface area contributed by atoms with Gasteiger partial charge in [-0.3, -0.25) is 9.59 Å². The molecule has 0 unspecified atom stereocenters. The van der Waals surface area contributed by atoms with E-state index in [1.54, 1.807) is 0 Å². The van der Waals surface area contributed by atoms with E-state index >= 15 is 0 Å². The Kier molecular flexibility index (Phi) is 6.18. The standard InChI is InChI=1S/C15H23N3O2/c1-10(2)14(16)15(20)17-9-8-12-4-6-13(7-5-12)18-11(3)19/h4-7,10,14H,8-9,16H2,1-3H3,(H,17,20)(H,18,19)/t14-/m0/s1. The van der Waals surface area contributed by atoms with Gasteiger partial charge in [0.25, 0.3) is 0 Å². The molecule has 0 radical (unpaired) electrons. The quantitative estimate of drug-likeness (QED) is 0.732. The van der Waals surface area contributed by atoms with Crippen LogP contribution >= 0.6 is 0 Å². The van der Waals surface area contributed by atoms with E-state index < -0.39 is 6.04 Å². The van der Waals surface area contributed by atoms with Gasteiger partial charge >= 0.3 is 0 Å². The number of hydrogen-bond acceptors (Lipinski definition) is 3. The zero-order valence-corrected chi connectivity index (χ0v) is 12.3. The average Bonchev–Trinajstić information content (AvgIpc) is 2.39. The molecule has 0 heterocycles. The molecule has 0 fully saturated rings. The molecule has 0 aliphatic rings. The lowest BCUT2D eigenvalue weighted by Gasteiger charge is -2.15. The molecule has 0 saturated heterocycles. The Morgan fingerprint density at radius 2 is 1.80 bits per heavy atom. The lowest BCUT2D eigenvalue weighted by molar-refractivity contribution is -0.123. The summed E-state index contributed by atoms with van der Waals surface area (Å²) < 4.78 is 0. The first kappa shape index (κ1) is 16.2. The van der Waals surface area contributed by atoms with Crippen LogP contribution in [0.3, 0.4) is 0 Å². The summed E-state index contributed by atoms with van der Waals surface area (Å²) in [6.45, 7) is 5.87. The molecule has 1 rings (SSSR count). The van der Waals surface area contributed by atoms with Crippen molar-refractivity contribution in [3.05, 3.63) is 29.8 Å². The van der Waals surface area contributed by atoms with Crippen LogP contribution in [0.15, 0.2) is 24.3 Å². The van der Waals surface area contributed by atoms with Gasteiger partial charge in [0.2, 0.25) is 11.8 Å². The molecule has 5 nitrogen and oxygen atoms in total. The molecule has 0 bridgehead atoms. The minimum absolute atomic E-state index is 0.0901. The topological polar surface area (TPSA) is 84.2 Å². The fourth-order valence-electron chi connectivity index (χ4n) is 1.71. The highest BCUT2D eigenvalue weighted by molar-refractivity contribution is 5.88. The highest BCUT2D eigenvalue weighted by atomic mass is 16.2. The van der Waals surface area contributed by atoms with Crippen molar-refractivity contribution in [1.82, 2.24) is 5.32 Å². The van der Waals surface area contributed by atoms with Crippen LogP contribution in [0.5, 0.6) is 0 Å². The summed E-state index contributed by atoms with van der Waals surface area (Å²) in [5, 5.41) is 5.53. The van der Waals surface area contributed by atoms with Gasteiger partial charge in [-0.25, -0.2) is 0 Å². The third kappa shape index (κ3) is 5.40. The Bertz CT molecular complexity index is 455. The molecular weight excluding hydrogens is 254 g/mol. The van der Waals surface area contributed by atoms with Crippen LogP contribution in [0, 0.1) is 5.92 Å². The average molecular weight is 277 g/mol. The van der Waals surface area contributed by atoms with Gasteiger partial charge in [0.15, 0.2) is 0 Å². The maximum atomic E-state index is 11.7. The molecule has 0 saturated carbocycles. The van der Waals surface area contributed by atoms with Crippen LogP contribution in [0.2, 0.25) is 0 Å². The van der Waals surface area contributed by atoms with E-state index in [2.05, 4.69) is 10.6 Å². The molecule has 5 heteroatoms. The second kappa shape index (κ2) is 7.65. The van der Waals surface area contributed by atoms with Gasteiger partial charge in [0.05, 0.1) is 6.04 Å². The van der Waals surface area contributed by atoms with Crippen LogP contribution in [-0.2, 0) is 16.0 Å². The second-order valence-corrected chi connectivity index (χ2v) is 5.19. The maximum Gasteiger partial charge on any atom is 0.237 e. The van der Waals surface area contributed by atoms with Crippen LogP contribution in [0.4, 0.5) is 5.69 Å². The number of carbonyl (C=O) groups excluding carboxylic acids is 2. The summed E-state index contributed by atoms with van der Waals surface area (Å²) in [7, 11) is 0. The number of amides is 2. The Hall–Kier alpha value is -1.88. The molecule has 20 heavy (non-hydrogen) atoms. The Balaban J connectivity index is 2.39. The predicted molar refractivity (Wildman–Crippen MR) is 80.3 cm³/mol. The number of hydrogen-bond donors (Lipinski definition) is 3. The SMILES string of the molecule is CC(=O)Nc1ccc(CCNC(=O)[C@@H](N)C(C)C)cc1. The number of carbonyl (C=O) groups is 2. The highest BCUT2D eigenvalue weighted by Crippen LogP contribution is 2.09. The Labute approximate surface area is 119 Å². The lowest BCUT2D eigenvalue weighted by Crippen LogP contribution is -2.44. The minimum atomic E-state index is -0.461. The van der Waals surface area contributed by atoms with E-state index in [0.29, 0.717) is 6.54 Å². The van der Waals surface area contributed by atoms with Crippen molar-refractivity contribution in [2.75, 3.05) is 11.9 Å². The second-order valence-electron chi connectivity index (χ2n) is 5.19. The highest BCUT2D eigenvalue weighted by Gasteiger charge is 2.16. The van der Waals surface area contributed by atoms with E-state index in [-0.39, 0.29) is 17.7 Å². The molecule has 1 aromatic carbocycles. The van der Waals surface area contributed by atoms with Crippen molar-refractivity contribution in [3.63, 3.8) is 0 Å². The molecule has 1 aromatic rings. The molecule has 0 aliphatic carbocycles. The molecule has 0 spiro atoms. The molecule has 2 amide bonds. The van der Waals surface area contributed by atoms with Crippen molar-refractivity contribution in [2.24, 2.45) is 11.7 Å². The fraction of sp³-hybridized carbons (Fsp3) is 0.467. The predicted octanol–water partition coefficient (Wildman–Crippen LogP) is 1.29. The smallest absolute Gasteiger partial charge is 0.237 e. The van der Waals surface area contributed by atoms with Gasteiger partial charge in [0.1, 0.15) is 0 Å². The van der Waals surface area contributed by atoms with Crippen molar-refractivity contribution in [1.29, 1.82) is 0 Å². The Morgan fingerprint density at radius 1 is 1.20 bits per heavy atom. The van der Waals surface area contributed by atoms with Crippen molar-refractivity contribution < 1.29 is 9.59 Å². The minimum Gasteiger partial charge on any atom is -0.354 e. The van der Waals surface area contributed by atoms with Crippen LogP contribution in [-0.4, -0.2) is 24.4 Å². The summed E-state index contributed by atoms with van der Waals surface area (Å²) in [6, 6.07) is 7.09. The lowest BCUT2D eigenvalue weighted by atomic mass is 10.0. The van der Waals surface area contributed by atoms with Gasteiger partial charge in [-0.05, 0) is 30.0 Å². The van der Waals surface area contributed by atoms with Crippen LogP contribution in [0.25, 0.3) is 0 Å². The molecule has 4 N–H and O–H groups in total. The fourth-order valence-corrected chi connectivity index (χ4v) is 1.71. The zero-order valence-electron chi connectivity index (χ0n) is 12.3. The largest absolute Gasteiger partial charge is 0.354 e. The maximum absolute atomic E-state index is 11.7. The zero-order chi connectivity index (χ0) is 15.1. The molecular formula is C15H23N3O2. The Morgan fingerprint density at radius 3 is 2.30 bits per heavy atom. The summed E-state index contributed by atoms with van der Waals surface area (Å²) >= 11 is 0. The van der Waals surface area contributed by atoms with E-state index in [1.165, 1.54) is 6.92 Å². The number of benzene rings is 1. The number of nitrogens with two attached hydrogens (primary N) is 1. The van der Waals surface area contributed by atoms with Crippen molar-refractivity contribution in [3.8, 4) is 0 Å². The summed E-state index contributed by atoms with van der Waals surface area (Å²) in [6.07, 6.45) is 0.733. The normalized spacial score (nSPS) is 12.1. The van der Waals surface area contributed by atoms with E-state index in [4.69, 9.17) is 5.73 Å². The van der Waals surface area contributed by atoms with Gasteiger partial charge in [-0.2, -0.15) is 0 Å². The van der Waals surface area contributed by atoms with Gasteiger partial charge in [0, 0.05) is 19.2 Å². The van der Waals surface area contributed by atoms with Gasteiger partial charge in [-0.1, -0.05) is 26.0 Å².